The lowest BCUT2D eigenvalue weighted by molar-refractivity contribution is -0.218. The van der Waals surface area contributed by atoms with Crippen molar-refractivity contribution < 1.29 is 9.53 Å². The Morgan fingerprint density at radius 1 is 1.22 bits per heavy atom. The zero-order valence-electron chi connectivity index (χ0n) is 13.1. The highest BCUT2D eigenvalue weighted by molar-refractivity contribution is 6.30. The van der Waals surface area contributed by atoms with Gasteiger partial charge in [0.2, 0.25) is 5.91 Å². The van der Waals surface area contributed by atoms with Crippen molar-refractivity contribution in [2.24, 2.45) is 23.7 Å². The van der Waals surface area contributed by atoms with Gasteiger partial charge in [-0.25, -0.2) is 0 Å². The zero-order valence-corrected chi connectivity index (χ0v) is 13.9. The van der Waals surface area contributed by atoms with E-state index < -0.39 is 5.72 Å². The van der Waals surface area contributed by atoms with Crippen LogP contribution in [0.15, 0.2) is 36.4 Å². The number of rotatable bonds is 1. The van der Waals surface area contributed by atoms with Gasteiger partial charge in [-0.15, -0.1) is 0 Å². The van der Waals surface area contributed by atoms with Gasteiger partial charge in [0.05, 0.1) is 6.61 Å². The summed E-state index contributed by atoms with van der Waals surface area (Å²) in [6.07, 6.45) is 6.56. The van der Waals surface area contributed by atoms with Crippen LogP contribution in [0, 0.1) is 23.7 Å². The lowest BCUT2D eigenvalue weighted by atomic mass is 9.84. The first-order chi connectivity index (χ1) is 11.1. The molecular weight excluding hydrogens is 310 g/mol. The molecule has 0 aromatic heterocycles. The van der Waals surface area contributed by atoms with Crippen LogP contribution < -0.4 is 0 Å². The topological polar surface area (TPSA) is 29.5 Å². The Morgan fingerprint density at radius 2 is 1.96 bits per heavy atom. The van der Waals surface area contributed by atoms with Gasteiger partial charge in [-0.2, -0.15) is 0 Å². The van der Waals surface area contributed by atoms with Gasteiger partial charge in [0.25, 0.3) is 0 Å². The van der Waals surface area contributed by atoms with Gasteiger partial charge >= 0.3 is 0 Å². The molecule has 1 saturated carbocycles. The standard InChI is InChI=1S/C19H20ClNO2/c1-11-9-19(14-4-6-15(20)7-5-14)21(18(11)22)17-13-3-2-12(8-13)16(17)10-23-19/h2-7,11-13,16-17H,8-10H2,1H3/t11-,12-,13+,16-,17+,19+/m1/s1. The predicted octanol–water partition coefficient (Wildman–Crippen LogP) is 3.58. The molecule has 1 aromatic carbocycles. The van der Waals surface area contributed by atoms with Gasteiger partial charge < -0.3 is 9.64 Å². The molecule has 3 nitrogen and oxygen atoms in total. The number of hydrogen-bond acceptors (Lipinski definition) is 2. The number of halogens is 1. The third-order valence-corrected chi connectivity index (χ3v) is 6.57. The zero-order chi connectivity index (χ0) is 15.8. The van der Waals surface area contributed by atoms with Gasteiger partial charge in [-0.05, 0) is 30.4 Å². The van der Waals surface area contributed by atoms with E-state index in [4.69, 9.17) is 16.3 Å². The van der Waals surface area contributed by atoms with Gasteiger partial charge in [-0.3, -0.25) is 4.79 Å². The van der Waals surface area contributed by atoms with Crippen LogP contribution in [0.25, 0.3) is 0 Å². The van der Waals surface area contributed by atoms with E-state index in [1.165, 1.54) is 6.42 Å². The molecule has 2 bridgehead atoms. The Bertz CT molecular complexity index is 700. The fraction of sp³-hybridized carbons (Fsp3) is 0.526. The summed E-state index contributed by atoms with van der Waals surface area (Å²) in [6, 6.07) is 8.13. The summed E-state index contributed by atoms with van der Waals surface area (Å²) in [7, 11) is 0. The first kappa shape index (κ1) is 14.1. The number of benzene rings is 1. The third-order valence-electron chi connectivity index (χ3n) is 6.32. The van der Waals surface area contributed by atoms with Crippen molar-refractivity contribution in [3.63, 3.8) is 0 Å². The Hall–Kier alpha value is -1.32. The largest absolute Gasteiger partial charge is 0.351 e. The normalized spacial score (nSPS) is 43.8. The third kappa shape index (κ3) is 1.72. The van der Waals surface area contributed by atoms with Crippen LogP contribution in [0.2, 0.25) is 5.02 Å². The van der Waals surface area contributed by atoms with Crippen molar-refractivity contribution in [1.29, 1.82) is 0 Å². The van der Waals surface area contributed by atoms with E-state index in [1.54, 1.807) is 0 Å². The van der Waals surface area contributed by atoms with Gasteiger partial charge in [0.1, 0.15) is 0 Å². The molecule has 0 unspecified atom stereocenters. The first-order valence-electron chi connectivity index (χ1n) is 8.52. The van der Waals surface area contributed by atoms with Crippen molar-refractivity contribution in [3.8, 4) is 0 Å². The van der Waals surface area contributed by atoms with Gasteiger partial charge in [0.15, 0.2) is 5.72 Å². The molecule has 2 heterocycles. The lowest BCUT2D eigenvalue weighted by Crippen LogP contribution is -2.60. The molecule has 120 valence electrons. The van der Waals surface area contributed by atoms with Crippen LogP contribution in [-0.2, 0) is 15.3 Å². The van der Waals surface area contributed by atoms with Crippen LogP contribution in [0.4, 0.5) is 0 Å². The van der Waals surface area contributed by atoms with E-state index in [1.807, 2.05) is 31.2 Å². The summed E-state index contributed by atoms with van der Waals surface area (Å²) in [5.41, 5.74) is 0.463. The van der Waals surface area contributed by atoms with Crippen molar-refractivity contribution in [2.75, 3.05) is 6.61 Å². The number of ether oxygens (including phenoxy) is 1. The molecule has 2 aliphatic carbocycles. The van der Waals surface area contributed by atoms with Gasteiger partial charge in [0, 0.05) is 34.9 Å². The highest BCUT2D eigenvalue weighted by atomic mass is 35.5. The molecule has 1 amide bonds. The second kappa shape index (κ2) is 4.61. The van der Waals surface area contributed by atoms with Crippen LogP contribution in [-0.4, -0.2) is 23.5 Å². The molecule has 1 aromatic rings. The summed E-state index contributed by atoms with van der Waals surface area (Å²) in [5, 5.41) is 0.714. The van der Waals surface area contributed by atoms with E-state index in [2.05, 4.69) is 17.1 Å². The number of carbonyl (C=O) groups is 1. The first-order valence-corrected chi connectivity index (χ1v) is 8.89. The van der Waals surface area contributed by atoms with E-state index >= 15 is 0 Å². The minimum Gasteiger partial charge on any atom is -0.351 e. The smallest absolute Gasteiger partial charge is 0.228 e. The summed E-state index contributed by atoms with van der Waals surface area (Å²) >= 11 is 6.06. The van der Waals surface area contributed by atoms with Gasteiger partial charge in [-0.1, -0.05) is 42.8 Å². The number of fused-ring (bicyclic) bond motifs is 7. The van der Waals surface area contributed by atoms with Crippen molar-refractivity contribution >= 4 is 17.5 Å². The van der Waals surface area contributed by atoms with E-state index in [0.717, 1.165) is 18.6 Å². The molecule has 6 atom stereocenters. The van der Waals surface area contributed by atoms with E-state index in [-0.39, 0.29) is 11.8 Å². The Morgan fingerprint density at radius 3 is 2.74 bits per heavy atom. The summed E-state index contributed by atoms with van der Waals surface area (Å²) in [6.45, 7) is 2.77. The average Bonchev–Trinajstić information content (AvgIpc) is 3.22. The Kier molecular flexibility index (Phi) is 2.82. The summed E-state index contributed by atoms with van der Waals surface area (Å²) in [5.74, 6) is 1.79. The molecule has 0 N–H and O–H groups in total. The summed E-state index contributed by atoms with van der Waals surface area (Å²) < 4.78 is 6.45. The van der Waals surface area contributed by atoms with Crippen molar-refractivity contribution in [3.05, 3.63) is 47.0 Å². The highest BCUT2D eigenvalue weighted by Gasteiger charge is 2.63. The predicted molar refractivity (Wildman–Crippen MR) is 87.7 cm³/mol. The summed E-state index contributed by atoms with van der Waals surface area (Å²) in [4.78, 5) is 15.1. The maximum atomic E-state index is 13.0. The van der Waals surface area contributed by atoms with E-state index in [0.29, 0.717) is 28.8 Å². The van der Waals surface area contributed by atoms with Crippen LogP contribution >= 0.6 is 11.6 Å². The van der Waals surface area contributed by atoms with Crippen LogP contribution in [0.3, 0.4) is 0 Å². The molecule has 5 rings (SSSR count). The number of nitrogens with zero attached hydrogens (tertiary/aromatic N) is 1. The molecule has 3 fully saturated rings. The minimum atomic E-state index is -0.597. The fourth-order valence-corrected chi connectivity index (χ4v) is 5.45. The number of hydrogen-bond donors (Lipinski definition) is 0. The quantitative estimate of drug-likeness (QED) is 0.737. The van der Waals surface area contributed by atoms with Crippen molar-refractivity contribution in [2.45, 2.75) is 31.5 Å². The molecular formula is C19H20ClNO2. The molecule has 4 heteroatoms. The number of amides is 1. The minimum absolute atomic E-state index is 0.00698. The molecule has 2 saturated heterocycles. The molecule has 2 aliphatic heterocycles. The maximum absolute atomic E-state index is 13.0. The maximum Gasteiger partial charge on any atom is 0.228 e. The average molecular weight is 330 g/mol. The molecule has 23 heavy (non-hydrogen) atoms. The van der Waals surface area contributed by atoms with Crippen molar-refractivity contribution in [1.82, 2.24) is 4.90 Å². The van der Waals surface area contributed by atoms with Crippen LogP contribution in [0.1, 0.15) is 25.3 Å². The second-order valence-corrected chi connectivity index (χ2v) is 7.95. The number of carbonyl (C=O) groups excluding carboxylic acids is 1. The Labute approximate surface area is 141 Å². The monoisotopic (exact) mass is 329 g/mol. The highest BCUT2D eigenvalue weighted by Crippen LogP contribution is 2.57. The van der Waals surface area contributed by atoms with Crippen LogP contribution in [0.5, 0.6) is 0 Å². The van der Waals surface area contributed by atoms with E-state index in [9.17, 15) is 4.79 Å². The molecule has 0 spiro atoms. The molecule has 4 aliphatic rings. The fourth-order valence-electron chi connectivity index (χ4n) is 5.32. The SMILES string of the molecule is C[C@@H]1C[C@@]2(c3ccc(Cl)cc3)OC[C@H]3[C@H]([C@H]4C=C[C@@H]3C4)N2C1=O. The number of allylic oxidation sites excluding steroid dienone is 1. The Balaban J connectivity index is 1.64. The second-order valence-electron chi connectivity index (χ2n) is 7.52. The molecule has 0 radical (unpaired) electrons. The lowest BCUT2D eigenvalue weighted by Gasteiger charge is -2.51.